The van der Waals surface area contributed by atoms with Crippen LogP contribution in [-0.2, 0) is 6.54 Å². The number of nitrogens with zero attached hydrogens (tertiary/aromatic N) is 1. The number of thioether (sulfide) groups is 1. The highest BCUT2D eigenvalue weighted by molar-refractivity contribution is 8.00. The Balaban J connectivity index is 1.66. The van der Waals surface area contributed by atoms with E-state index >= 15 is 0 Å². The first kappa shape index (κ1) is 15.4. The molecule has 0 radical (unpaired) electrons. The highest BCUT2D eigenvalue weighted by Gasteiger charge is 2.06. The molecule has 0 spiro atoms. The van der Waals surface area contributed by atoms with Gasteiger partial charge in [0.1, 0.15) is 0 Å². The Hall–Kier alpha value is -2.01. The molecule has 0 saturated carbocycles. The lowest BCUT2D eigenvalue weighted by Crippen LogP contribution is -2.38. The first-order valence-corrected chi connectivity index (χ1v) is 7.74. The van der Waals surface area contributed by atoms with Gasteiger partial charge in [-0.1, -0.05) is 31.2 Å². The summed E-state index contributed by atoms with van der Waals surface area (Å²) >= 11 is 1.75. The molecule has 1 atom stereocenters. The summed E-state index contributed by atoms with van der Waals surface area (Å²) in [6.45, 7) is 3.21. The molecule has 4 nitrogen and oxygen atoms in total. The van der Waals surface area contributed by atoms with Gasteiger partial charge in [-0.3, -0.25) is 4.98 Å². The third-order valence-corrected chi connectivity index (χ3v) is 3.92. The van der Waals surface area contributed by atoms with E-state index in [-0.39, 0.29) is 6.03 Å². The Morgan fingerprint density at radius 2 is 2.00 bits per heavy atom. The zero-order valence-corrected chi connectivity index (χ0v) is 12.8. The molecule has 0 aliphatic heterocycles. The third-order valence-electron chi connectivity index (χ3n) is 2.81. The van der Waals surface area contributed by atoms with Crippen molar-refractivity contribution in [1.29, 1.82) is 0 Å². The summed E-state index contributed by atoms with van der Waals surface area (Å²) in [5.41, 5.74) is 0.986. The number of nitrogens with one attached hydrogen (secondary N) is 2. The second-order valence-corrected chi connectivity index (χ2v) is 6.18. The summed E-state index contributed by atoms with van der Waals surface area (Å²) in [5, 5.41) is 6.02. The maximum atomic E-state index is 11.7. The fraction of sp³-hybridized carbons (Fsp3) is 0.250. The average molecular weight is 301 g/mol. The van der Waals surface area contributed by atoms with Gasteiger partial charge in [0.15, 0.2) is 0 Å². The molecule has 2 amide bonds. The highest BCUT2D eigenvalue weighted by atomic mass is 32.2. The Labute approximate surface area is 129 Å². The standard InChI is InChI=1S/C16H19N3OS/c1-13(21-15-7-3-2-4-8-15)10-18-16(20)19-12-14-6-5-9-17-11-14/h2-9,11,13H,10,12H2,1H3,(H2,18,19,20)/t13-/m1/s1. The molecular weight excluding hydrogens is 282 g/mol. The molecular formula is C16H19N3OS. The van der Waals surface area contributed by atoms with Crippen LogP contribution in [0.15, 0.2) is 59.8 Å². The van der Waals surface area contributed by atoms with Crippen molar-refractivity contribution in [3.8, 4) is 0 Å². The van der Waals surface area contributed by atoms with Gasteiger partial charge < -0.3 is 10.6 Å². The van der Waals surface area contributed by atoms with Crippen molar-refractivity contribution in [1.82, 2.24) is 15.6 Å². The molecule has 21 heavy (non-hydrogen) atoms. The molecule has 0 saturated heterocycles. The molecule has 1 heterocycles. The highest BCUT2D eigenvalue weighted by Crippen LogP contribution is 2.21. The van der Waals surface area contributed by atoms with Crippen LogP contribution in [0.25, 0.3) is 0 Å². The lowest BCUT2D eigenvalue weighted by atomic mass is 10.3. The first-order valence-electron chi connectivity index (χ1n) is 6.86. The lowest BCUT2D eigenvalue weighted by molar-refractivity contribution is 0.240. The molecule has 2 N–H and O–H groups in total. The quantitative estimate of drug-likeness (QED) is 0.806. The van der Waals surface area contributed by atoms with Crippen molar-refractivity contribution in [3.05, 3.63) is 60.4 Å². The Morgan fingerprint density at radius 3 is 2.71 bits per heavy atom. The van der Waals surface area contributed by atoms with E-state index in [9.17, 15) is 4.79 Å². The van der Waals surface area contributed by atoms with Crippen molar-refractivity contribution in [2.75, 3.05) is 6.54 Å². The van der Waals surface area contributed by atoms with Crippen LogP contribution in [0.4, 0.5) is 4.79 Å². The van der Waals surface area contributed by atoms with Crippen LogP contribution in [-0.4, -0.2) is 22.8 Å². The number of rotatable bonds is 6. The van der Waals surface area contributed by atoms with E-state index in [0.29, 0.717) is 18.3 Å². The number of hydrogen-bond acceptors (Lipinski definition) is 3. The van der Waals surface area contributed by atoms with Crippen molar-refractivity contribution < 1.29 is 4.79 Å². The second kappa shape index (κ2) is 8.32. The minimum Gasteiger partial charge on any atom is -0.337 e. The Kier molecular flexibility index (Phi) is 6.09. The average Bonchev–Trinajstić information content (AvgIpc) is 2.53. The van der Waals surface area contributed by atoms with E-state index in [1.54, 1.807) is 24.2 Å². The smallest absolute Gasteiger partial charge is 0.315 e. The van der Waals surface area contributed by atoms with Crippen LogP contribution >= 0.6 is 11.8 Å². The van der Waals surface area contributed by atoms with Crippen molar-refractivity contribution in [3.63, 3.8) is 0 Å². The van der Waals surface area contributed by atoms with Crippen molar-refractivity contribution in [2.24, 2.45) is 0 Å². The fourth-order valence-corrected chi connectivity index (χ4v) is 2.70. The number of aromatic nitrogens is 1. The van der Waals surface area contributed by atoms with Gasteiger partial charge in [-0.15, -0.1) is 11.8 Å². The summed E-state index contributed by atoms with van der Waals surface area (Å²) in [6, 6.07) is 13.8. The van der Waals surface area contributed by atoms with E-state index in [1.165, 1.54) is 4.90 Å². The molecule has 1 aromatic carbocycles. The van der Waals surface area contributed by atoms with Crippen LogP contribution in [0, 0.1) is 0 Å². The largest absolute Gasteiger partial charge is 0.337 e. The molecule has 5 heteroatoms. The van der Waals surface area contributed by atoms with Crippen LogP contribution in [0.2, 0.25) is 0 Å². The summed E-state index contributed by atoms with van der Waals surface area (Å²) in [5.74, 6) is 0. The minimum atomic E-state index is -0.153. The summed E-state index contributed by atoms with van der Waals surface area (Å²) < 4.78 is 0. The molecule has 0 unspecified atom stereocenters. The summed E-state index contributed by atoms with van der Waals surface area (Å²) in [7, 11) is 0. The number of carbonyl (C=O) groups is 1. The molecule has 0 aliphatic rings. The summed E-state index contributed by atoms with van der Waals surface area (Å²) in [4.78, 5) is 16.9. The molecule has 110 valence electrons. The zero-order valence-electron chi connectivity index (χ0n) is 12.0. The number of carbonyl (C=O) groups excluding carboxylic acids is 1. The number of pyridine rings is 1. The maximum absolute atomic E-state index is 11.7. The van der Waals surface area contributed by atoms with Crippen LogP contribution < -0.4 is 10.6 Å². The van der Waals surface area contributed by atoms with Gasteiger partial charge in [-0.2, -0.15) is 0 Å². The first-order chi connectivity index (χ1) is 10.2. The topological polar surface area (TPSA) is 54.0 Å². The fourth-order valence-electron chi connectivity index (χ4n) is 1.76. The van der Waals surface area contributed by atoms with Crippen LogP contribution in [0.3, 0.4) is 0 Å². The van der Waals surface area contributed by atoms with E-state index in [1.807, 2.05) is 30.3 Å². The van der Waals surface area contributed by atoms with E-state index < -0.39 is 0 Å². The Bertz CT molecular complexity index is 548. The van der Waals surface area contributed by atoms with Gasteiger partial charge in [0, 0.05) is 35.6 Å². The number of benzene rings is 1. The molecule has 2 aromatic rings. The predicted octanol–water partition coefficient (Wildman–Crippen LogP) is 3.06. The molecule has 0 fully saturated rings. The third kappa shape index (κ3) is 5.87. The van der Waals surface area contributed by atoms with Crippen LogP contribution in [0.5, 0.6) is 0 Å². The molecule has 0 aliphatic carbocycles. The minimum absolute atomic E-state index is 0.153. The lowest BCUT2D eigenvalue weighted by Gasteiger charge is -2.13. The zero-order chi connectivity index (χ0) is 14.9. The van der Waals surface area contributed by atoms with Gasteiger partial charge in [0.25, 0.3) is 0 Å². The predicted molar refractivity (Wildman–Crippen MR) is 86.2 cm³/mol. The van der Waals surface area contributed by atoms with Gasteiger partial charge >= 0.3 is 6.03 Å². The van der Waals surface area contributed by atoms with Gasteiger partial charge in [-0.25, -0.2) is 4.79 Å². The SMILES string of the molecule is C[C@H](CNC(=O)NCc1cccnc1)Sc1ccccc1. The molecule has 2 rings (SSSR count). The van der Waals surface area contributed by atoms with Gasteiger partial charge in [0.05, 0.1) is 0 Å². The van der Waals surface area contributed by atoms with Gasteiger partial charge in [-0.05, 0) is 23.8 Å². The van der Waals surface area contributed by atoms with E-state index in [2.05, 4.69) is 34.7 Å². The molecule has 1 aromatic heterocycles. The number of hydrogen-bond donors (Lipinski definition) is 2. The second-order valence-electron chi connectivity index (χ2n) is 4.67. The number of amides is 2. The maximum Gasteiger partial charge on any atom is 0.315 e. The monoisotopic (exact) mass is 301 g/mol. The molecule has 0 bridgehead atoms. The normalized spacial score (nSPS) is 11.7. The Morgan fingerprint density at radius 1 is 1.19 bits per heavy atom. The van der Waals surface area contributed by atoms with Crippen molar-refractivity contribution >= 4 is 17.8 Å². The van der Waals surface area contributed by atoms with E-state index in [0.717, 1.165) is 5.56 Å². The van der Waals surface area contributed by atoms with Crippen molar-refractivity contribution in [2.45, 2.75) is 23.6 Å². The summed E-state index contributed by atoms with van der Waals surface area (Å²) in [6.07, 6.45) is 3.46. The van der Waals surface area contributed by atoms with E-state index in [4.69, 9.17) is 0 Å². The van der Waals surface area contributed by atoms with Gasteiger partial charge in [0.2, 0.25) is 0 Å². The number of urea groups is 1. The van der Waals surface area contributed by atoms with Crippen LogP contribution in [0.1, 0.15) is 12.5 Å².